The maximum absolute atomic E-state index is 12.4. The molecule has 158 valence electrons. The number of carbonyl (C=O) groups is 1. The molecule has 0 aliphatic heterocycles. The Balaban J connectivity index is 1.52. The molecule has 0 spiro atoms. The summed E-state index contributed by atoms with van der Waals surface area (Å²) >= 11 is 0. The van der Waals surface area contributed by atoms with Gasteiger partial charge in [-0.3, -0.25) is 4.79 Å². The SMILES string of the molecule is Cc1ccc(CN(CC(=O)NCCCc2cccc3ccccc23)S(C)(=O)=O)cc1. The Kier molecular flexibility index (Phi) is 7.24. The van der Waals surface area contributed by atoms with E-state index >= 15 is 0 Å². The fraction of sp³-hybridized carbons (Fsp3) is 0.292. The largest absolute Gasteiger partial charge is 0.355 e. The second-order valence-corrected chi connectivity index (χ2v) is 9.59. The topological polar surface area (TPSA) is 66.5 Å². The molecule has 0 atom stereocenters. The first-order valence-electron chi connectivity index (χ1n) is 10.1. The van der Waals surface area contributed by atoms with Crippen LogP contribution in [-0.2, 0) is 27.8 Å². The first kappa shape index (κ1) is 22.0. The maximum atomic E-state index is 12.4. The predicted octanol–water partition coefficient (Wildman–Crippen LogP) is 3.66. The van der Waals surface area contributed by atoms with Crippen LogP contribution >= 0.6 is 0 Å². The molecule has 6 heteroatoms. The van der Waals surface area contributed by atoms with E-state index in [0.29, 0.717) is 6.54 Å². The Morgan fingerprint density at radius 1 is 0.967 bits per heavy atom. The van der Waals surface area contributed by atoms with E-state index in [1.165, 1.54) is 20.6 Å². The lowest BCUT2D eigenvalue weighted by atomic mass is 10.0. The van der Waals surface area contributed by atoms with Crippen LogP contribution in [0, 0.1) is 6.92 Å². The lowest BCUT2D eigenvalue weighted by molar-refractivity contribution is -0.121. The normalized spacial score (nSPS) is 11.7. The van der Waals surface area contributed by atoms with Gasteiger partial charge in [0.1, 0.15) is 0 Å². The monoisotopic (exact) mass is 424 g/mol. The molecule has 0 aliphatic rings. The Morgan fingerprint density at radius 2 is 1.67 bits per heavy atom. The minimum atomic E-state index is -3.49. The molecule has 0 saturated heterocycles. The maximum Gasteiger partial charge on any atom is 0.235 e. The Morgan fingerprint density at radius 3 is 2.40 bits per heavy atom. The van der Waals surface area contributed by atoms with Crippen molar-refractivity contribution in [3.05, 3.63) is 83.4 Å². The number of benzene rings is 3. The summed E-state index contributed by atoms with van der Waals surface area (Å²) in [5.41, 5.74) is 3.21. The molecule has 0 saturated carbocycles. The van der Waals surface area contributed by atoms with E-state index in [9.17, 15) is 13.2 Å². The number of aryl methyl sites for hydroxylation is 2. The second kappa shape index (κ2) is 9.87. The molecule has 3 aromatic rings. The molecule has 0 aliphatic carbocycles. The van der Waals surface area contributed by atoms with E-state index in [1.54, 1.807) is 0 Å². The van der Waals surface area contributed by atoms with Crippen molar-refractivity contribution in [2.75, 3.05) is 19.3 Å². The molecule has 0 bridgehead atoms. The summed E-state index contributed by atoms with van der Waals surface area (Å²) in [4.78, 5) is 12.4. The van der Waals surface area contributed by atoms with E-state index in [-0.39, 0.29) is 19.0 Å². The number of hydrogen-bond acceptors (Lipinski definition) is 3. The summed E-state index contributed by atoms with van der Waals surface area (Å²) in [6, 6.07) is 22.1. The highest BCUT2D eigenvalue weighted by molar-refractivity contribution is 7.88. The molecule has 0 aromatic heterocycles. The van der Waals surface area contributed by atoms with E-state index < -0.39 is 10.0 Å². The average Bonchev–Trinajstić information content (AvgIpc) is 2.71. The van der Waals surface area contributed by atoms with Crippen molar-refractivity contribution in [3.63, 3.8) is 0 Å². The fourth-order valence-electron chi connectivity index (χ4n) is 3.42. The van der Waals surface area contributed by atoms with Gasteiger partial charge in [0, 0.05) is 13.1 Å². The molecule has 1 N–H and O–H groups in total. The van der Waals surface area contributed by atoms with Crippen molar-refractivity contribution < 1.29 is 13.2 Å². The quantitative estimate of drug-likeness (QED) is 0.533. The van der Waals surface area contributed by atoms with Crippen LogP contribution in [0.15, 0.2) is 66.7 Å². The van der Waals surface area contributed by atoms with Gasteiger partial charge in [0.15, 0.2) is 0 Å². The predicted molar refractivity (Wildman–Crippen MR) is 122 cm³/mol. The smallest absolute Gasteiger partial charge is 0.235 e. The average molecular weight is 425 g/mol. The summed E-state index contributed by atoms with van der Waals surface area (Å²) in [5, 5.41) is 5.29. The van der Waals surface area contributed by atoms with Crippen LogP contribution in [0.1, 0.15) is 23.1 Å². The number of sulfonamides is 1. The number of nitrogens with one attached hydrogen (secondary N) is 1. The molecule has 3 aromatic carbocycles. The molecule has 5 nitrogen and oxygen atoms in total. The van der Waals surface area contributed by atoms with Gasteiger partial charge >= 0.3 is 0 Å². The molecule has 0 radical (unpaired) electrons. The highest BCUT2D eigenvalue weighted by atomic mass is 32.2. The Bertz CT molecular complexity index is 1100. The lowest BCUT2D eigenvalue weighted by Crippen LogP contribution is -2.40. The molecule has 3 rings (SSSR count). The van der Waals surface area contributed by atoms with Crippen LogP contribution < -0.4 is 5.32 Å². The molecular formula is C24H28N2O3S. The van der Waals surface area contributed by atoms with E-state index in [0.717, 1.165) is 30.2 Å². The summed E-state index contributed by atoms with van der Waals surface area (Å²) in [6.07, 6.45) is 2.77. The van der Waals surface area contributed by atoms with Gasteiger partial charge in [-0.1, -0.05) is 72.3 Å². The van der Waals surface area contributed by atoms with Gasteiger partial charge < -0.3 is 5.32 Å². The van der Waals surface area contributed by atoms with Gasteiger partial charge in [-0.15, -0.1) is 0 Å². The minimum absolute atomic E-state index is 0.180. The van der Waals surface area contributed by atoms with Crippen LogP contribution in [0.25, 0.3) is 10.8 Å². The zero-order valence-electron chi connectivity index (χ0n) is 17.5. The van der Waals surface area contributed by atoms with E-state index in [1.807, 2.05) is 49.4 Å². The number of nitrogens with zero attached hydrogens (tertiary/aromatic N) is 1. The number of rotatable bonds is 9. The number of amides is 1. The summed E-state index contributed by atoms with van der Waals surface area (Å²) in [7, 11) is -3.49. The number of fused-ring (bicyclic) bond motifs is 1. The molecule has 0 unspecified atom stereocenters. The molecule has 30 heavy (non-hydrogen) atoms. The highest BCUT2D eigenvalue weighted by Gasteiger charge is 2.20. The van der Waals surface area contributed by atoms with Crippen LogP contribution in [-0.4, -0.2) is 38.0 Å². The van der Waals surface area contributed by atoms with E-state index in [2.05, 4.69) is 29.6 Å². The van der Waals surface area contributed by atoms with Gasteiger partial charge in [0.2, 0.25) is 15.9 Å². The summed E-state index contributed by atoms with van der Waals surface area (Å²) in [6.45, 7) is 2.48. The summed E-state index contributed by atoms with van der Waals surface area (Å²) in [5.74, 6) is -0.287. The van der Waals surface area contributed by atoms with Gasteiger partial charge in [0.25, 0.3) is 0 Å². The van der Waals surface area contributed by atoms with Crippen molar-refractivity contribution in [1.82, 2.24) is 9.62 Å². The van der Waals surface area contributed by atoms with Crippen LogP contribution in [0.2, 0.25) is 0 Å². The van der Waals surface area contributed by atoms with Gasteiger partial charge in [0.05, 0.1) is 12.8 Å². The highest BCUT2D eigenvalue weighted by Crippen LogP contribution is 2.19. The zero-order valence-corrected chi connectivity index (χ0v) is 18.3. The third-order valence-electron chi connectivity index (χ3n) is 5.09. The van der Waals surface area contributed by atoms with Crippen LogP contribution in [0.3, 0.4) is 0 Å². The number of hydrogen-bond donors (Lipinski definition) is 1. The third kappa shape index (κ3) is 6.15. The summed E-state index contributed by atoms with van der Waals surface area (Å²) < 4.78 is 25.5. The lowest BCUT2D eigenvalue weighted by Gasteiger charge is -2.19. The van der Waals surface area contributed by atoms with Crippen LogP contribution in [0.5, 0.6) is 0 Å². The van der Waals surface area contributed by atoms with Crippen molar-refractivity contribution in [3.8, 4) is 0 Å². The van der Waals surface area contributed by atoms with E-state index in [4.69, 9.17) is 0 Å². The van der Waals surface area contributed by atoms with Gasteiger partial charge in [-0.2, -0.15) is 4.31 Å². The zero-order chi connectivity index (χ0) is 21.6. The Labute approximate surface area is 178 Å². The van der Waals surface area contributed by atoms with Crippen LogP contribution in [0.4, 0.5) is 0 Å². The molecular weight excluding hydrogens is 396 g/mol. The minimum Gasteiger partial charge on any atom is -0.355 e. The van der Waals surface area contributed by atoms with Gasteiger partial charge in [-0.25, -0.2) is 8.42 Å². The number of carbonyl (C=O) groups excluding carboxylic acids is 1. The van der Waals surface area contributed by atoms with Crippen molar-refractivity contribution in [2.45, 2.75) is 26.3 Å². The van der Waals surface area contributed by atoms with Crippen molar-refractivity contribution >= 4 is 26.7 Å². The molecule has 0 heterocycles. The van der Waals surface area contributed by atoms with Crippen molar-refractivity contribution in [1.29, 1.82) is 0 Å². The van der Waals surface area contributed by atoms with Crippen molar-refractivity contribution in [2.24, 2.45) is 0 Å². The fourth-order valence-corrected chi connectivity index (χ4v) is 4.16. The Hall–Kier alpha value is -2.70. The molecule has 1 amide bonds. The first-order chi connectivity index (χ1) is 14.3. The second-order valence-electron chi connectivity index (χ2n) is 7.61. The molecule has 0 fully saturated rings. The third-order valence-corrected chi connectivity index (χ3v) is 6.29. The standard InChI is InChI=1S/C24H28N2O3S/c1-19-12-14-20(15-13-19)17-26(30(2,28)29)18-24(27)25-16-6-10-22-9-5-8-21-7-3-4-11-23(21)22/h3-5,7-9,11-15H,6,10,16-18H2,1-2H3,(H,25,27). The van der Waals surface area contributed by atoms with Gasteiger partial charge in [-0.05, 0) is 41.7 Å². The first-order valence-corrected chi connectivity index (χ1v) is 11.9.